The van der Waals surface area contributed by atoms with Crippen LogP contribution in [0.5, 0.6) is 0 Å². The molecule has 0 aliphatic carbocycles. The summed E-state index contributed by atoms with van der Waals surface area (Å²) in [7, 11) is 0. The second kappa shape index (κ2) is 5.55. The van der Waals surface area contributed by atoms with E-state index in [0.717, 1.165) is 11.1 Å². The highest BCUT2D eigenvalue weighted by Crippen LogP contribution is 2.27. The highest BCUT2D eigenvalue weighted by molar-refractivity contribution is 6.35. The summed E-state index contributed by atoms with van der Waals surface area (Å²) in [6, 6.07) is 14.6. The topological polar surface area (TPSA) is 17.1 Å². The van der Waals surface area contributed by atoms with Crippen molar-refractivity contribution in [1.82, 2.24) is 0 Å². The highest BCUT2D eigenvalue weighted by atomic mass is 35.5. The Balaban J connectivity index is 2.34. The number of halogens is 2. The largest absolute Gasteiger partial charge is 0.292 e. The van der Waals surface area contributed by atoms with Gasteiger partial charge in [-0.05, 0) is 30.2 Å². The van der Waals surface area contributed by atoms with Crippen LogP contribution in [0.15, 0.2) is 48.5 Å². The number of alkyl halides is 1. The third-order valence-electron chi connectivity index (χ3n) is 2.79. The Labute approximate surface area is 116 Å². The molecule has 18 heavy (non-hydrogen) atoms. The number of Topliss-reactive ketones (excluding diaryl/α,β-unsaturated/α-hetero) is 1. The molecule has 2 aromatic carbocycles. The number of aryl methyl sites for hydroxylation is 1. The van der Waals surface area contributed by atoms with E-state index >= 15 is 0 Å². The van der Waals surface area contributed by atoms with Crippen molar-refractivity contribution in [3.05, 3.63) is 70.2 Å². The maximum absolute atomic E-state index is 12.3. The van der Waals surface area contributed by atoms with Gasteiger partial charge in [-0.25, -0.2) is 0 Å². The summed E-state index contributed by atoms with van der Waals surface area (Å²) in [4.78, 5) is 12.3. The van der Waals surface area contributed by atoms with Crippen molar-refractivity contribution in [2.45, 2.75) is 12.3 Å². The molecule has 0 aromatic heterocycles. The number of carbonyl (C=O) groups excluding carboxylic acids is 1. The van der Waals surface area contributed by atoms with Crippen molar-refractivity contribution in [2.75, 3.05) is 0 Å². The minimum atomic E-state index is -0.677. The molecule has 92 valence electrons. The molecular weight excluding hydrogens is 267 g/mol. The molecule has 1 atom stereocenters. The fourth-order valence-corrected chi connectivity index (χ4v) is 2.20. The van der Waals surface area contributed by atoms with Crippen LogP contribution in [0.25, 0.3) is 0 Å². The first kappa shape index (κ1) is 13.1. The van der Waals surface area contributed by atoms with Gasteiger partial charge in [0, 0.05) is 10.6 Å². The highest BCUT2D eigenvalue weighted by Gasteiger charge is 2.20. The van der Waals surface area contributed by atoms with Gasteiger partial charge in [-0.2, -0.15) is 0 Å². The van der Waals surface area contributed by atoms with Crippen molar-refractivity contribution in [2.24, 2.45) is 0 Å². The van der Waals surface area contributed by atoms with Gasteiger partial charge in [-0.3, -0.25) is 4.79 Å². The summed E-state index contributed by atoms with van der Waals surface area (Å²) in [6.45, 7) is 1.87. The molecule has 0 spiro atoms. The summed E-state index contributed by atoms with van der Waals surface area (Å²) in [6.07, 6.45) is 0. The van der Waals surface area contributed by atoms with Crippen LogP contribution >= 0.6 is 23.2 Å². The van der Waals surface area contributed by atoms with E-state index < -0.39 is 5.38 Å². The fourth-order valence-electron chi connectivity index (χ4n) is 1.77. The summed E-state index contributed by atoms with van der Waals surface area (Å²) in [5, 5.41) is -0.135. The van der Waals surface area contributed by atoms with E-state index in [-0.39, 0.29) is 5.78 Å². The first-order valence-corrected chi connectivity index (χ1v) is 6.40. The predicted octanol–water partition coefficient (Wildman–Crippen LogP) is 4.81. The number of rotatable bonds is 3. The van der Waals surface area contributed by atoms with E-state index in [1.807, 2.05) is 43.3 Å². The first-order valence-electron chi connectivity index (χ1n) is 5.59. The van der Waals surface area contributed by atoms with Crippen LogP contribution in [0, 0.1) is 6.92 Å². The molecule has 2 aromatic rings. The van der Waals surface area contributed by atoms with Gasteiger partial charge in [0.25, 0.3) is 0 Å². The molecule has 0 radical (unpaired) electrons. The van der Waals surface area contributed by atoms with E-state index in [2.05, 4.69) is 0 Å². The number of ketones is 1. The molecule has 0 fully saturated rings. The quantitative estimate of drug-likeness (QED) is 0.582. The lowest BCUT2D eigenvalue weighted by Crippen LogP contribution is -2.09. The minimum absolute atomic E-state index is 0.122. The second-order valence-electron chi connectivity index (χ2n) is 4.10. The Morgan fingerprint density at radius 1 is 1.11 bits per heavy atom. The minimum Gasteiger partial charge on any atom is -0.292 e. The smallest absolute Gasteiger partial charge is 0.185 e. The lowest BCUT2D eigenvalue weighted by atomic mass is 9.99. The van der Waals surface area contributed by atoms with Crippen LogP contribution in [-0.4, -0.2) is 5.78 Å². The average molecular weight is 279 g/mol. The van der Waals surface area contributed by atoms with Crippen molar-refractivity contribution in [1.29, 1.82) is 0 Å². The normalized spacial score (nSPS) is 12.2. The first-order chi connectivity index (χ1) is 8.59. The molecule has 0 saturated carbocycles. The Bertz CT molecular complexity index is 564. The van der Waals surface area contributed by atoms with Gasteiger partial charge >= 0.3 is 0 Å². The van der Waals surface area contributed by atoms with Crippen molar-refractivity contribution in [3.8, 4) is 0 Å². The summed E-state index contributed by atoms with van der Waals surface area (Å²) < 4.78 is 0. The van der Waals surface area contributed by atoms with Crippen LogP contribution in [0.4, 0.5) is 0 Å². The predicted molar refractivity (Wildman–Crippen MR) is 75.6 cm³/mol. The third kappa shape index (κ3) is 2.74. The van der Waals surface area contributed by atoms with E-state index in [1.54, 1.807) is 12.1 Å². The zero-order valence-electron chi connectivity index (χ0n) is 9.86. The van der Waals surface area contributed by atoms with Crippen LogP contribution in [0.3, 0.4) is 0 Å². The Kier molecular flexibility index (Phi) is 4.05. The zero-order chi connectivity index (χ0) is 13.1. The van der Waals surface area contributed by atoms with Gasteiger partial charge in [0.05, 0.1) is 0 Å². The van der Waals surface area contributed by atoms with Gasteiger partial charge in [0.2, 0.25) is 0 Å². The Morgan fingerprint density at radius 2 is 1.78 bits per heavy atom. The van der Waals surface area contributed by atoms with Crippen LogP contribution < -0.4 is 0 Å². The van der Waals surface area contributed by atoms with Crippen LogP contribution in [0.1, 0.15) is 26.9 Å². The summed E-state index contributed by atoms with van der Waals surface area (Å²) in [5.74, 6) is -0.122. The van der Waals surface area contributed by atoms with E-state index in [1.165, 1.54) is 0 Å². The molecule has 0 bridgehead atoms. The Hall–Kier alpha value is -1.31. The second-order valence-corrected chi connectivity index (χ2v) is 4.97. The van der Waals surface area contributed by atoms with Crippen LogP contribution in [-0.2, 0) is 0 Å². The van der Waals surface area contributed by atoms with E-state index in [0.29, 0.717) is 10.6 Å². The summed E-state index contributed by atoms with van der Waals surface area (Å²) >= 11 is 12.1. The number of carbonyl (C=O) groups is 1. The molecule has 0 aliphatic heterocycles. The van der Waals surface area contributed by atoms with Gasteiger partial charge in [-0.15, -0.1) is 11.6 Å². The molecule has 1 unspecified atom stereocenters. The molecule has 2 rings (SSSR count). The Morgan fingerprint density at radius 3 is 2.44 bits per heavy atom. The zero-order valence-corrected chi connectivity index (χ0v) is 11.4. The summed E-state index contributed by atoms with van der Waals surface area (Å²) in [5.41, 5.74) is 2.25. The molecule has 3 heteroatoms. The molecule has 0 aliphatic rings. The third-order valence-corrected chi connectivity index (χ3v) is 3.47. The van der Waals surface area contributed by atoms with Gasteiger partial charge < -0.3 is 0 Å². The molecule has 0 N–H and O–H groups in total. The maximum atomic E-state index is 12.3. The number of hydrogen-bond donors (Lipinski definition) is 0. The maximum Gasteiger partial charge on any atom is 0.185 e. The lowest BCUT2D eigenvalue weighted by molar-refractivity contribution is 0.0986. The molecule has 1 nitrogen and oxygen atoms in total. The molecular formula is C15H12Cl2O. The molecule has 0 saturated heterocycles. The van der Waals surface area contributed by atoms with Gasteiger partial charge in [-0.1, -0.05) is 48.0 Å². The van der Waals surface area contributed by atoms with Crippen LogP contribution in [0.2, 0.25) is 5.02 Å². The number of hydrogen-bond acceptors (Lipinski definition) is 1. The fraction of sp³-hybridized carbons (Fsp3) is 0.133. The standard InChI is InChI=1S/C15H12Cl2O/c1-10-7-8-12(16)9-13(10)15(18)14(17)11-5-3-2-4-6-11/h2-9,14H,1H3. The van der Waals surface area contributed by atoms with E-state index in [4.69, 9.17) is 23.2 Å². The van der Waals surface area contributed by atoms with E-state index in [9.17, 15) is 4.79 Å². The average Bonchev–Trinajstić information content (AvgIpc) is 2.41. The SMILES string of the molecule is Cc1ccc(Cl)cc1C(=O)C(Cl)c1ccccc1. The lowest BCUT2D eigenvalue weighted by Gasteiger charge is -2.11. The van der Waals surface area contributed by atoms with Crippen molar-refractivity contribution < 1.29 is 4.79 Å². The van der Waals surface area contributed by atoms with Gasteiger partial charge in [0.1, 0.15) is 5.38 Å². The van der Waals surface area contributed by atoms with Gasteiger partial charge in [0.15, 0.2) is 5.78 Å². The number of benzene rings is 2. The monoisotopic (exact) mass is 278 g/mol. The van der Waals surface area contributed by atoms with Crippen molar-refractivity contribution in [3.63, 3.8) is 0 Å². The molecule has 0 heterocycles. The van der Waals surface area contributed by atoms with Crippen molar-refractivity contribution >= 4 is 29.0 Å². The molecule has 0 amide bonds.